The number of aryl methyl sites for hydroxylation is 1. The number of hydrogen-bond acceptors (Lipinski definition) is 7. The molecule has 4 rings (SSSR count). The van der Waals surface area contributed by atoms with Crippen LogP contribution in [0.15, 0.2) is 54.6 Å². The Morgan fingerprint density at radius 2 is 1.79 bits per heavy atom. The van der Waals surface area contributed by atoms with Gasteiger partial charge in [0.15, 0.2) is 5.82 Å². The number of carbonyl (C=O) groups excluding carboxylic acids is 1. The number of aromatic nitrogens is 1. The van der Waals surface area contributed by atoms with Crippen molar-refractivity contribution in [1.82, 2.24) is 14.8 Å². The van der Waals surface area contributed by atoms with Gasteiger partial charge in [-0.05, 0) is 55.8 Å². The second-order valence-corrected chi connectivity index (χ2v) is 9.75. The maximum atomic E-state index is 15.2. The quantitative estimate of drug-likeness (QED) is 0.325. The number of carbonyl (C=O) groups is 1. The second kappa shape index (κ2) is 11.8. The Bertz CT molecular complexity index is 1280. The first-order valence-corrected chi connectivity index (χ1v) is 12.6. The molecule has 0 radical (unpaired) electrons. The number of halogens is 2. The molecule has 1 aliphatic rings. The van der Waals surface area contributed by atoms with Gasteiger partial charge in [-0.2, -0.15) is 9.56 Å². The topological polar surface area (TPSA) is 75.2 Å². The van der Waals surface area contributed by atoms with Crippen molar-refractivity contribution in [3.63, 3.8) is 0 Å². The third-order valence-corrected chi connectivity index (χ3v) is 6.85. The van der Waals surface area contributed by atoms with Gasteiger partial charge in [0.2, 0.25) is 11.9 Å². The zero-order valence-electron chi connectivity index (χ0n) is 22.2. The van der Waals surface area contributed by atoms with Crippen molar-refractivity contribution in [2.75, 3.05) is 48.7 Å². The fourth-order valence-electron chi connectivity index (χ4n) is 4.73. The van der Waals surface area contributed by atoms with E-state index in [4.69, 9.17) is 0 Å². The van der Waals surface area contributed by atoms with E-state index in [9.17, 15) is 14.4 Å². The molecule has 0 aliphatic carbocycles. The van der Waals surface area contributed by atoms with Crippen LogP contribution in [0.3, 0.4) is 0 Å². The predicted octanol–water partition coefficient (Wildman–Crippen LogP) is 4.75. The van der Waals surface area contributed by atoms with Crippen LogP contribution in [0.2, 0.25) is 0 Å². The first kappa shape index (κ1) is 27.4. The molecule has 1 saturated heterocycles. The number of benzene rings is 2. The number of piperazine rings is 1. The summed E-state index contributed by atoms with van der Waals surface area (Å²) in [6.07, 6.45) is 0. The van der Waals surface area contributed by atoms with E-state index in [1.165, 1.54) is 31.2 Å². The summed E-state index contributed by atoms with van der Waals surface area (Å²) in [6.45, 7) is 10.0. The van der Waals surface area contributed by atoms with Crippen LogP contribution in [0.25, 0.3) is 0 Å². The van der Waals surface area contributed by atoms with E-state index >= 15 is 4.39 Å². The summed E-state index contributed by atoms with van der Waals surface area (Å²) < 4.78 is 28.6. The monoisotopic (exact) mass is 524 g/mol. The van der Waals surface area contributed by atoms with Gasteiger partial charge in [0.1, 0.15) is 11.5 Å². The molecule has 1 amide bonds. The van der Waals surface area contributed by atoms with Gasteiger partial charge < -0.3 is 9.80 Å². The van der Waals surface area contributed by atoms with Crippen molar-refractivity contribution in [2.45, 2.75) is 33.4 Å². The third kappa shape index (κ3) is 6.45. The van der Waals surface area contributed by atoms with E-state index in [1.807, 2.05) is 19.1 Å². The summed E-state index contributed by atoms with van der Waals surface area (Å²) in [7, 11) is 2.13. The molecule has 2 heterocycles. The molecule has 3 aromatic rings. The zero-order chi connectivity index (χ0) is 27.4. The third-order valence-electron chi connectivity index (χ3n) is 6.85. The molecule has 202 valence electrons. The zero-order valence-corrected chi connectivity index (χ0v) is 22.2. The molecule has 2 aromatic carbocycles. The highest BCUT2D eigenvalue weighted by Gasteiger charge is 2.25. The molecule has 8 nitrogen and oxygen atoms in total. The minimum Gasteiger partial charge on any atom is -0.305 e. The van der Waals surface area contributed by atoms with Gasteiger partial charge in [-0.25, -0.2) is 9.37 Å². The Morgan fingerprint density at radius 1 is 1.08 bits per heavy atom. The number of nitrogens with zero attached hydrogens (tertiary/aromatic N) is 5. The van der Waals surface area contributed by atoms with Crippen molar-refractivity contribution in [3.05, 3.63) is 83.1 Å². The minimum atomic E-state index is -0.765. The summed E-state index contributed by atoms with van der Waals surface area (Å²) in [4.78, 5) is 22.7. The number of hydrogen-bond donors (Lipinski definition) is 2. The highest BCUT2D eigenvalue weighted by molar-refractivity contribution is 5.93. The lowest BCUT2D eigenvalue weighted by Crippen LogP contribution is -2.43. The first-order valence-electron chi connectivity index (χ1n) is 12.6. The first-order chi connectivity index (χ1) is 18.1. The largest absolute Gasteiger partial charge is 0.305 e. The molecule has 10 heteroatoms. The normalized spacial score (nSPS) is 15.2. The van der Waals surface area contributed by atoms with Gasteiger partial charge in [-0.15, -0.1) is 0 Å². The molecule has 0 spiro atoms. The number of hydrazine groups is 1. The number of anilines is 3. The van der Waals surface area contributed by atoms with E-state index in [0.717, 1.165) is 49.9 Å². The average molecular weight is 525 g/mol. The minimum absolute atomic E-state index is 0.00377. The lowest BCUT2D eigenvalue weighted by molar-refractivity contribution is -0.117. The van der Waals surface area contributed by atoms with Gasteiger partial charge >= 0.3 is 0 Å². The Hall–Kier alpha value is -3.60. The molecule has 1 atom stereocenters. The average Bonchev–Trinajstić information content (AvgIpc) is 2.87. The van der Waals surface area contributed by atoms with Crippen LogP contribution >= 0.6 is 0 Å². The van der Waals surface area contributed by atoms with E-state index < -0.39 is 11.8 Å². The smallest absolute Gasteiger partial charge is 0.224 e. The van der Waals surface area contributed by atoms with Crippen molar-refractivity contribution in [3.8, 4) is 0 Å². The summed E-state index contributed by atoms with van der Waals surface area (Å²) in [5.41, 5.74) is 5.32. The molecule has 38 heavy (non-hydrogen) atoms. The maximum Gasteiger partial charge on any atom is 0.224 e. The van der Waals surface area contributed by atoms with Gasteiger partial charge in [-0.3, -0.25) is 20.3 Å². The SMILES string of the molecule is CC(=O)N(c1cc(F)c(N(O)Nc2cccc(F)n2)cc1C)[C@H](C)c1cccc(CN2CCN(C)CC2)c1. The van der Waals surface area contributed by atoms with E-state index in [2.05, 4.69) is 39.4 Å². The second-order valence-electron chi connectivity index (χ2n) is 9.75. The molecule has 0 bridgehead atoms. The van der Waals surface area contributed by atoms with Gasteiger partial charge in [0.05, 0.1) is 11.7 Å². The van der Waals surface area contributed by atoms with Crippen LogP contribution in [-0.4, -0.2) is 59.1 Å². The highest BCUT2D eigenvalue weighted by Crippen LogP contribution is 2.34. The lowest BCUT2D eigenvalue weighted by Gasteiger charge is -2.33. The molecule has 0 unspecified atom stereocenters. The van der Waals surface area contributed by atoms with Crippen molar-refractivity contribution >= 4 is 23.1 Å². The molecular weight excluding hydrogens is 490 g/mol. The fourth-order valence-corrected chi connectivity index (χ4v) is 4.73. The Labute approximate surface area is 222 Å². The van der Waals surface area contributed by atoms with Crippen molar-refractivity contribution in [2.24, 2.45) is 0 Å². The van der Waals surface area contributed by atoms with Gasteiger partial charge in [0.25, 0.3) is 0 Å². The number of amides is 1. The summed E-state index contributed by atoms with van der Waals surface area (Å²) in [6, 6.07) is 14.4. The maximum absolute atomic E-state index is 15.2. The van der Waals surface area contributed by atoms with Crippen LogP contribution in [0.4, 0.5) is 26.0 Å². The van der Waals surface area contributed by atoms with Crippen molar-refractivity contribution < 1.29 is 18.8 Å². The van der Waals surface area contributed by atoms with Crippen molar-refractivity contribution in [1.29, 1.82) is 0 Å². The number of nitrogens with one attached hydrogen (secondary N) is 1. The summed E-state index contributed by atoms with van der Waals surface area (Å²) in [5.74, 6) is -1.74. The number of rotatable bonds is 8. The van der Waals surface area contributed by atoms with Gasteiger partial charge in [0, 0.05) is 45.7 Å². The molecule has 2 N–H and O–H groups in total. The molecule has 1 aliphatic heterocycles. The van der Waals surface area contributed by atoms with Crippen LogP contribution in [0, 0.1) is 18.7 Å². The van der Waals surface area contributed by atoms with Crippen LogP contribution in [0.5, 0.6) is 0 Å². The summed E-state index contributed by atoms with van der Waals surface area (Å²) >= 11 is 0. The molecule has 0 saturated carbocycles. The predicted molar refractivity (Wildman–Crippen MR) is 144 cm³/mol. The van der Waals surface area contributed by atoms with Gasteiger partial charge in [-0.1, -0.05) is 30.3 Å². The Kier molecular flexibility index (Phi) is 8.55. The highest BCUT2D eigenvalue weighted by atomic mass is 19.1. The lowest BCUT2D eigenvalue weighted by atomic mass is 10.0. The molecule has 1 aromatic heterocycles. The molecule has 1 fully saturated rings. The van der Waals surface area contributed by atoms with Crippen LogP contribution in [-0.2, 0) is 11.3 Å². The van der Waals surface area contributed by atoms with E-state index in [1.54, 1.807) is 11.8 Å². The van der Waals surface area contributed by atoms with Crippen LogP contribution in [0.1, 0.15) is 36.6 Å². The van der Waals surface area contributed by atoms with E-state index in [0.29, 0.717) is 16.4 Å². The summed E-state index contributed by atoms with van der Waals surface area (Å²) in [5, 5.41) is 10.8. The Balaban J connectivity index is 1.56. The van der Waals surface area contributed by atoms with Crippen LogP contribution < -0.4 is 15.5 Å². The standard InChI is InChI=1S/C28H34F2N6O2/c1-19-15-26(36(38)32-28-10-6-9-27(30)31-28)24(29)17-25(19)35(21(3)37)20(2)23-8-5-7-22(16-23)18-34-13-11-33(4)12-14-34/h5-10,15-17,20,38H,11-14,18H2,1-4H3,(H,31,32)/t20-/m1/s1. The number of pyridine rings is 1. The van der Waals surface area contributed by atoms with E-state index in [-0.39, 0.29) is 23.5 Å². The molecular formula is C28H34F2N6O2. The fraction of sp³-hybridized carbons (Fsp3) is 0.357. The number of likely N-dealkylation sites (N-methyl/N-ethyl adjacent to an activating group) is 1. The Morgan fingerprint density at radius 3 is 2.47 bits per heavy atom.